The number of aromatic nitrogens is 3. The molecule has 7 aromatic rings. The molecule has 4 fully saturated rings. The molecule has 0 spiro atoms. The smallest absolute Gasteiger partial charge is 0.164 e. The van der Waals surface area contributed by atoms with Gasteiger partial charge in [0.1, 0.15) is 0 Å². The molecule has 0 saturated heterocycles. The van der Waals surface area contributed by atoms with Gasteiger partial charge in [0.2, 0.25) is 0 Å². The Bertz CT molecular complexity index is 2310. The van der Waals surface area contributed by atoms with E-state index in [2.05, 4.69) is 101 Å². The van der Waals surface area contributed by atoms with Crippen LogP contribution in [0.4, 0.5) is 0 Å². The van der Waals surface area contributed by atoms with Gasteiger partial charge in [0.05, 0.1) is 0 Å². The molecule has 4 saturated carbocycles. The number of benzene rings is 6. The van der Waals surface area contributed by atoms with Crippen molar-refractivity contribution in [3.63, 3.8) is 0 Å². The summed E-state index contributed by atoms with van der Waals surface area (Å²) in [6.07, 6.45) is 8.12. The predicted molar refractivity (Wildman–Crippen MR) is 211 cm³/mol. The maximum Gasteiger partial charge on any atom is 0.164 e. The molecule has 2 unspecified atom stereocenters. The zero-order valence-corrected chi connectivity index (χ0v) is 30.1. The summed E-state index contributed by atoms with van der Waals surface area (Å²) in [6, 6.07) is 52.6. The SMILES string of the molecule is Brc1ccc(C23CC4CC(C2)CC(c2ccc(-c5ccc6cc(-c7nc(-c8ccccc8)nc(-c8ccccc8)n7)ccc6c5)cc2)(C4)C3)cc1. The fraction of sp³-hybridized carbons (Fsp3) is 0.213. The molecule has 6 aromatic carbocycles. The van der Waals surface area contributed by atoms with Crippen LogP contribution in [0.2, 0.25) is 0 Å². The van der Waals surface area contributed by atoms with Gasteiger partial charge in [-0.15, -0.1) is 0 Å². The Labute approximate surface area is 308 Å². The van der Waals surface area contributed by atoms with Gasteiger partial charge in [-0.05, 0) is 118 Å². The number of hydrogen-bond donors (Lipinski definition) is 0. The monoisotopic (exact) mass is 723 g/mol. The fourth-order valence-corrected chi connectivity index (χ4v) is 10.5. The van der Waals surface area contributed by atoms with Crippen molar-refractivity contribution >= 4 is 26.7 Å². The maximum absolute atomic E-state index is 4.95. The van der Waals surface area contributed by atoms with Gasteiger partial charge in [0, 0.05) is 21.2 Å². The van der Waals surface area contributed by atoms with Crippen molar-refractivity contribution < 1.29 is 0 Å². The van der Waals surface area contributed by atoms with Crippen LogP contribution in [-0.2, 0) is 10.8 Å². The summed E-state index contributed by atoms with van der Waals surface area (Å²) in [7, 11) is 0. The summed E-state index contributed by atoms with van der Waals surface area (Å²) in [5, 5.41) is 2.38. The van der Waals surface area contributed by atoms with Crippen LogP contribution < -0.4 is 0 Å². The molecule has 0 aliphatic heterocycles. The molecule has 1 aromatic heterocycles. The van der Waals surface area contributed by atoms with Crippen molar-refractivity contribution in [2.45, 2.75) is 49.4 Å². The first kappa shape index (κ1) is 30.9. The summed E-state index contributed by atoms with van der Waals surface area (Å²) in [4.78, 5) is 14.8. The second-order valence-electron chi connectivity index (χ2n) is 15.4. The van der Waals surface area contributed by atoms with Gasteiger partial charge in [-0.1, -0.05) is 137 Å². The van der Waals surface area contributed by atoms with Crippen molar-refractivity contribution in [3.8, 4) is 45.3 Å². The summed E-state index contributed by atoms with van der Waals surface area (Å²) >= 11 is 3.67. The Morgan fingerprint density at radius 2 is 0.863 bits per heavy atom. The molecule has 11 rings (SSSR count). The molecule has 0 amide bonds. The second kappa shape index (κ2) is 12.1. The lowest BCUT2D eigenvalue weighted by molar-refractivity contribution is -0.0281. The highest BCUT2D eigenvalue weighted by atomic mass is 79.9. The molecule has 0 N–H and O–H groups in total. The van der Waals surface area contributed by atoms with E-state index >= 15 is 0 Å². The molecular formula is C47H38BrN3. The molecule has 248 valence electrons. The van der Waals surface area contributed by atoms with Gasteiger partial charge in [-0.3, -0.25) is 0 Å². The van der Waals surface area contributed by atoms with Crippen LogP contribution in [-0.4, -0.2) is 15.0 Å². The number of hydrogen-bond acceptors (Lipinski definition) is 3. The number of rotatable bonds is 6. The molecule has 4 heteroatoms. The zero-order chi connectivity index (χ0) is 34.0. The molecule has 3 nitrogen and oxygen atoms in total. The Balaban J connectivity index is 0.953. The van der Waals surface area contributed by atoms with Gasteiger partial charge in [-0.2, -0.15) is 0 Å². The van der Waals surface area contributed by atoms with Crippen molar-refractivity contribution in [1.29, 1.82) is 0 Å². The third kappa shape index (κ3) is 5.52. The largest absolute Gasteiger partial charge is 0.208 e. The van der Waals surface area contributed by atoms with E-state index in [-0.39, 0.29) is 0 Å². The Kier molecular flexibility index (Phi) is 7.32. The molecule has 4 bridgehead atoms. The van der Waals surface area contributed by atoms with Crippen molar-refractivity contribution in [2.24, 2.45) is 11.8 Å². The van der Waals surface area contributed by atoms with Gasteiger partial charge in [0.15, 0.2) is 17.5 Å². The fourth-order valence-electron chi connectivity index (χ4n) is 10.3. The van der Waals surface area contributed by atoms with Crippen LogP contribution in [0.15, 0.2) is 150 Å². The highest BCUT2D eigenvalue weighted by Gasteiger charge is 2.58. The summed E-state index contributed by atoms with van der Waals surface area (Å²) in [5.41, 5.74) is 9.18. The van der Waals surface area contributed by atoms with E-state index in [9.17, 15) is 0 Å². The van der Waals surface area contributed by atoms with E-state index < -0.39 is 0 Å². The van der Waals surface area contributed by atoms with Gasteiger partial charge >= 0.3 is 0 Å². The average molecular weight is 725 g/mol. The lowest BCUT2D eigenvalue weighted by Gasteiger charge is -2.63. The van der Waals surface area contributed by atoms with Crippen LogP contribution in [0.5, 0.6) is 0 Å². The van der Waals surface area contributed by atoms with E-state index in [1.165, 1.54) is 64.9 Å². The topological polar surface area (TPSA) is 38.7 Å². The molecule has 1 heterocycles. The van der Waals surface area contributed by atoms with Gasteiger partial charge < -0.3 is 0 Å². The van der Waals surface area contributed by atoms with Gasteiger partial charge in [-0.25, -0.2) is 15.0 Å². The number of fused-ring (bicyclic) bond motifs is 1. The molecule has 51 heavy (non-hydrogen) atoms. The Morgan fingerprint density at radius 3 is 1.39 bits per heavy atom. The highest BCUT2D eigenvalue weighted by molar-refractivity contribution is 9.10. The van der Waals surface area contributed by atoms with E-state index in [1.807, 2.05) is 60.7 Å². The molecule has 0 radical (unpaired) electrons. The summed E-state index contributed by atoms with van der Waals surface area (Å²) in [5.74, 6) is 3.71. The van der Waals surface area contributed by atoms with Crippen LogP contribution in [0.3, 0.4) is 0 Å². The average Bonchev–Trinajstić information content (AvgIpc) is 3.18. The highest BCUT2D eigenvalue weighted by Crippen LogP contribution is 2.66. The van der Waals surface area contributed by atoms with Crippen LogP contribution >= 0.6 is 15.9 Å². The van der Waals surface area contributed by atoms with Crippen molar-refractivity contribution in [1.82, 2.24) is 15.0 Å². The Hall–Kier alpha value is -4.93. The van der Waals surface area contributed by atoms with Crippen molar-refractivity contribution in [2.75, 3.05) is 0 Å². The van der Waals surface area contributed by atoms with Crippen LogP contribution in [0.25, 0.3) is 56.1 Å². The summed E-state index contributed by atoms with van der Waals surface area (Å²) in [6.45, 7) is 0. The second-order valence-corrected chi connectivity index (χ2v) is 16.3. The standard InChI is InChI=1S/C47H38BrN3/c48-42-21-19-41(20-22-42)47-28-31-23-32(29-47)27-46(26-31,30-47)40-17-15-33(16-18-40)36-11-12-38-25-39(14-13-37(38)24-36)45-50-43(34-7-3-1-4-8-34)49-44(51-45)35-9-5-2-6-10-35/h1-22,24-25,31-32H,23,26-30H2. The first-order chi connectivity index (χ1) is 25.0. The van der Waals surface area contributed by atoms with Gasteiger partial charge in [0.25, 0.3) is 0 Å². The molecule has 4 aliphatic rings. The normalized spacial score (nSPS) is 23.5. The van der Waals surface area contributed by atoms with Crippen LogP contribution in [0.1, 0.15) is 49.7 Å². The zero-order valence-electron chi connectivity index (χ0n) is 28.5. The lowest BCUT2D eigenvalue weighted by Crippen LogP contribution is -2.55. The predicted octanol–water partition coefficient (Wildman–Crippen LogP) is 12.2. The molecular weight excluding hydrogens is 686 g/mol. The minimum absolute atomic E-state index is 0.297. The molecule has 4 aliphatic carbocycles. The quantitative estimate of drug-likeness (QED) is 0.171. The third-order valence-electron chi connectivity index (χ3n) is 12.1. The minimum Gasteiger partial charge on any atom is -0.208 e. The summed E-state index contributed by atoms with van der Waals surface area (Å²) < 4.78 is 1.17. The van der Waals surface area contributed by atoms with E-state index in [1.54, 1.807) is 11.1 Å². The minimum atomic E-state index is 0.297. The molecule has 2 atom stereocenters. The van der Waals surface area contributed by atoms with Crippen LogP contribution in [0, 0.1) is 11.8 Å². The van der Waals surface area contributed by atoms with E-state index in [0.29, 0.717) is 28.3 Å². The van der Waals surface area contributed by atoms with E-state index in [4.69, 9.17) is 15.0 Å². The number of halogens is 1. The lowest BCUT2D eigenvalue weighted by atomic mass is 9.42. The first-order valence-electron chi connectivity index (χ1n) is 18.3. The first-order valence-corrected chi connectivity index (χ1v) is 19.1. The third-order valence-corrected chi connectivity index (χ3v) is 12.7. The Morgan fingerprint density at radius 1 is 0.431 bits per heavy atom. The van der Waals surface area contributed by atoms with E-state index in [0.717, 1.165) is 28.5 Å². The van der Waals surface area contributed by atoms with Crippen molar-refractivity contribution in [3.05, 3.63) is 161 Å². The number of nitrogens with zero attached hydrogens (tertiary/aromatic N) is 3. The maximum atomic E-state index is 4.95.